The van der Waals surface area contributed by atoms with Crippen LogP contribution >= 0.6 is 0 Å². The molecule has 6 nitrogen and oxygen atoms in total. The number of nitrogens with zero attached hydrogens (tertiary/aromatic N) is 3. The topological polar surface area (TPSA) is 77.3 Å². The average Bonchev–Trinajstić information content (AvgIpc) is 3.16. The second-order valence-corrected chi connectivity index (χ2v) is 5.76. The predicted molar refractivity (Wildman–Crippen MR) is 78.9 cm³/mol. The van der Waals surface area contributed by atoms with Crippen LogP contribution in [0.4, 0.5) is 5.69 Å². The minimum atomic E-state index is -0.0291. The average molecular weight is 288 g/mol. The maximum Gasteiger partial charge on any atom is 0.270 e. The number of nitrogen functional groups attached to an aromatic ring is 1. The Morgan fingerprint density at radius 2 is 2.24 bits per heavy atom. The van der Waals surface area contributed by atoms with Crippen LogP contribution < -0.4 is 5.73 Å². The number of aromatic nitrogens is 2. The van der Waals surface area contributed by atoms with Crippen LogP contribution in [0, 0.1) is 13.8 Å². The summed E-state index contributed by atoms with van der Waals surface area (Å²) in [4.78, 5) is 14.3. The molecule has 0 unspecified atom stereocenters. The molecule has 3 rings (SSSR count). The standard InChI is InChI=1S/C15H20N4O2/c1-9-13(10(2)21-17-9)8-18(3)15(20)14-6-11(16)7-19(14)12-4-5-12/h6-7,12H,4-5,8,16H2,1-3H3. The molecule has 0 bridgehead atoms. The van der Waals surface area contributed by atoms with Crippen molar-refractivity contribution in [2.75, 3.05) is 12.8 Å². The van der Waals surface area contributed by atoms with E-state index in [9.17, 15) is 4.79 Å². The van der Waals surface area contributed by atoms with Gasteiger partial charge in [0.15, 0.2) is 0 Å². The van der Waals surface area contributed by atoms with Crippen LogP contribution in [-0.2, 0) is 6.54 Å². The van der Waals surface area contributed by atoms with Gasteiger partial charge in [-0.05, 0) is 32.8 Å². The van der Waals surface area contributed by atoms with Gasteiger partial charge in [0.1, 0.15) is 11.5 Å². The van der Waals surface area contributed by atoms with Crippen molar-refractivity contribution in [3.63, 3.8) is 0 Å². The van der Waals surface area contributed by atoms with E-state index in [1.807, 2.05) is 24.6 Å². The summed E-state index contributed by atoms with van der Waals surface area (Å²) in [5.74, 6) is 0.725. The second-order valence-electron chi connectivity index (χ2n) is 5.76. The molecular weight excluding hydrogens is 268 g/mol. The van der Waals surface area contributed by atoms with Gasteiger partial charge >= 0.3 is 0 Å². The van der Waals surface area contributed by atoms with Crippen molar-refractivity contribution in [1.29, 1.82) is 0 Å². The number of anilines is 1. The lowest BCUT2D eigenvalue weighted by Crippen LogP contribution is -2.28. The fourth-order valence-corrected chi connectivity index (χ4v) is 2.56. The summed E-state index contributed by atoms with van der Waals surface area (Å²) in [5.41, 5.74) is 8.93. The smallest absolute Gasteiger partial charge is 0.270 e. The SMILES string of the molecule is Cc1noc(C)c1CN(C)C(=O)c1cc(N)cn1C1CC1. The Bertz CT molecular complexity index is 662. The minimum absolute atomic E-state index is 0.0291. The van der Waals surface area contributed by atoms with Crippen molar-refractivity contribution < 1.29 is 9.32 Å². The van der Waals surface area contributed by atoms with Crippen LogP contribution in [-0.4, -0.2) is 27.6 Å². The number of nitrogens with two attached hydrogens (primary N) is 1. The number of carbonyl (C=O) groups excluding carboxylic acids is 1. The molecule has 1 fully saturated rings. The molecule has 0 spiro atoms. The quantitative estimate of drug-likeness (QED) is 0.936. The summed E-state index contributed by atoms with van der Waals surface area (Å²) in [7, 11) is 1.79. The highest BCUT2D eigenvalue weighted by Crippen LogP contribution is 2.37. The van der Waals surface area contributed by atoms with Crippen molar-refractivity contribution in [2.24, 2.45) is 0 Å². The molecule has 0 atom stereocenters. The van der Waals surface area contributed by atoms with Gasteiger partial charge in [0, 0.05) is 24.8 Å². The molecule has 0 saturated heterocycles. The summed E-state index contributed by atoms with van der Waals surface area (Å²) in [6, 6.07) is 2.18. The molecule has 2 aromatic rings. The van der Waals surface area contributed by atoms with E-state index in [4.69, 9.17) is 10.3 Å². The molecule has 2 N–H and O–H groups in total. The van der Waals surface area contributed by atoms with Crippen molar-refractivity contribution in [3.8, 4) is 0 Å². The second kappa shape index (κ2) is 4.95. The van der Waals surface area contributed by atoms with E-state index in [0.29, 0.717) is 24.0 Å². The van der Waals surface area contributed by atoms with Crippen LogP contribution in [0.5, 0.6) is 0 Å². The van der Waals surface area contributed by atoms with Crippen LogP contribution in [0.15, 0.2) is 16.8 Å². The molecule has 2 aromatic heterocycles. The van der Waals surface area contributed by atoms with Gasteiger partial charge in [-0.1, -0.05) is 5.16 Å². The fraction of sp³-hybridized carbons (Fsp3) is 0.467. The lowest BCUT2D eigenvalue weighted by Gasteiger charge is -2.18. The van der Waals surface area contributed by atoms with E-state index < -0.39 is 0 Å². The van der Waals surface area contributed by atoms with Crippen LogP contribution in [0.1, 0.15) is 46.4 Å². The van der Waals surface area contributed by atoms with Gasteiger partial charge in [-0.15, -0.1) is 0 Å². The summed E-state index contributed by atoms with van der Waals surface area (Å²) < 4.78 is 7.15. The number of hydrogen-bond acceptors (Lipinski definition) is 4. The first-order valence-electron chi connectivity index (χ1n) is 7.12. The van der Waals surface area contributed by atoms with Crippen molar-refractivity contribution in [1.82, 2.24) is 14.6 Å². The highest BCUT2D eigenvalue weighted by molar-refractivity contribution is 5.93. The molecule has 1 aliphatic rings. The Kier molecular flexibility index (Phi) is 3.23. The van der Waals surface area contributed by atoms with Gasteiger partial charge in [0.05, 0.1) is 17.9 Å². The first kappa shape index (κ1) is 13.7. The highest BCUT2D eigenvalue weighted by atomic mass is 16.5. The van der Waals surface area contributed by atoms with Gasteiger partial charge in [0.25, 0.3) is 5.91 Å². The summed E-state index contributed by atoms with van der Waals surface area (Å²) >= 11 is 0. The van der Waals surface area contributed by atoms with E-state index >= 15 is 0 Å². The summed E-state index contributed by atoms with van der Waals surface area (Å²) in [6.07, 6.45) is 4.08. The van der Waals surface area contributed by atoms with E-state index in [2.05, 4.69) is 5.16 Å². The Hall–Kier alpha value is -2.24. The van der Waals surface area contributed by atoms with Crippen LogP contribution in [0.2, 0.25) is 0 Å². The Labute approximate surface area is 123 Å². The normalized spacial score (nSPS) is 14.4. The van der Waals surface area contributed by atoms with E-state index in [0.717, 1.165) is 29.9 Å². The predicted octanol–water partition coefficient (Wildman–Crippen LogP) is 2.28. The zero-order valence-electron chi connectivity index (χ0n) is 12.6. The first-order valence-corrected chi connectivity index (χ1v) is 7.12. The molecular formula is C15H20N4O2. The fourth-order valence-electron chi connectivity index (χ4n) is 2.56. The maximum atomic E-state index is 12.7. The Morgan fingerprint density at radius 3 is 2.81 bits per heavy atom. The number of rotatable bonds is 4. The molecule has 2 heterocycles. The van der Waals surface area contributed by atoms with E-state index in [1.165, 1.54) is 0 Å². The van der Waals surface area contributed by atoms with Crippen LogP contribution in [0.25, 0.3) is 0 Å². The maximum absolute atomic E-state index is 12.7. The zero-order chi connectivity index (χ0) is 15.1. The number of aryl methyl sites for hydroxylation is 2. The first-order chi connectivity index (χ1) is 9.97. The van der Waals surface area contributed by atoms with Crippen LogP contribution in [0.3, 0.4) is 0 Å². The molecule has 0 aliphatic heterocycles. The number of amides is 1. The van der Waals surface area contributed by atoms with Gasteiger partial charge in [-0.3, -0.25) is 4.79 Å². The van der Waals surface area contributed by atoms with Crippen molar-refractivity contribution in [3.05, 3.63) is 35.0 Å². The number of carbonyl (C=O) groups is 1. The molecule has 0 radical (unpaired) electrons. The van der Waals surface area contributed by atoms with E-state index in [1.54, 1.807) is 18.0 Å². The van der Waals surface area contributed by atoms with Gasteiger partial charge in [-0.25, -0.2) is 0 Å². The van der Waals surface area contributed by atoms with Crippen molar-refractivity contribution >= 4 is 11.6 Å². The third kappa shape index (κ3) is 2.53. The lowest BCUT2D eigenvalue weighted by atomic mass is 10.2. The third-order valence-corrected chi connectivity index (χ3v) is 3.95. The van der Waals surface area contributed by atoms with Crippen molar-refractivity contribution in [2.45, 2.75) is 39.3 Å². The highest BCUT2D eigenvalue weighted by Gasteiger charge is 2.29. The molecule has 1 amide bonds. The summed E-state index contributed by atoms with van der Waals surface area (Å²) in [6.45, 7) is 4.23. The number of hydrogen-bond donors (Lipinski definition) is 1. The van der Waals surface area contributed by atoms with Gasteiger partial charge < -0.3 is 19.7 Å². The Morgan fingerprint density at radius 1 is 1.52 bits per heavy atom. The van der Waals surface area contributed by atoms with E-state index in [-0.39, 0.29) is 5.91 Å². The zero-order valence-corrected chi connectivity index (χ0v) is 12.6. The summed E-state index contributed by atoms with van der Waals surface area (Å²) in [5, 5.41) is 3.92. The largest absolute Gasteiger partial charge is 0.397 e. The molecule has 21 heavy (non-hydrogen) atoms. The monoisotopic (exact) mass is 288 g/mol. The third-order valence-electron chi connectivity index (χ3n) is 3.95. The minimum Gasteiger partial charge on any atom is -0.397 e. The molecule has 1 saturated carbocycles. The molecule has 112 valence electrons. The lowest BCUT2D eigenvalue weighted by molar-refractivity contribution is 0.0773. The van der Waals surface area contributed by atoms with Gasteiger partial charge in [0.2, 0.25) is 0 Å². The molecule has 1 aliphatic carbocycles. The molecule has 6 heteroatoms. The molecule has 0 aromatic carbocycles. The Balaban J connectivity index is 1.81. The van der Waals surface area contributed by atoms with Gasteiger partial charge in [-0.2, -0.15) is 0 Å².